The van der Waals surface area contributed by atoms with Crippen molar-refractivity contribution in [2.75, 3.05) is 6.54 Å². The second-order valence-electron chi connectivity index (χ2n) is 3.69. The van der Waals surface area contributed by atoms with Crippen molar-refractivity contribution < 1.29 is 8.78 Å². The van der Waals surface area contributed by atoms with Crippen molar-refractivity contribution >= 4 is 0 Å². The number of aryl methyl sites for hydroxylation is 1. The van der Waals surface area contributed by atoms with Crippen LogP contribution < -0.4 is 5.32 Å². The van der Waals surface area contributed by atoms with Gasteiger partial charge in [0.2, 0.25) is 0 Å². The zero-order valence-corrected chi connectivity index (χ0v) is 9.13. The smallest absolute Gasteiger partial charge is 0.254 e. The van der Waals surface area contributed by atoms with Gasteiger partial charge in [-0.1, -0.05) is 36.8 Å². The Balaban J connectivity index is 2.65. The highest BCUT2D eigenvalue weighted by Crippen LogP contribution is 2.11. The fraction of sp³-hybridized carbons (Fsp3) is 0.500. The van der Waals surface area contributed by atoms with Crippen LogP contribution >= 0.6 is 0 Å². The van der Waals surface area contributed by atoms with E-state index in [1.165, 1.54) is 0 Å². The van der Waals surface area contributed by atoms with E-state index in [0.29, 0.717) is 13.0 Å². The maximum Gasteiger partial charge on any atom is 0.254 e. The second kappa shape index (κ2) is 5.81. The summed E-state index contributed by atoms with van der Waals surface area (Å²) in [5.41, 5.74) is 2.07. The minimum atomic E-state index is -2.31. The van der Waals surface area contributed by atoms with Gasteiger partial charge in [0.25, 0.3) is 6.43 Å². The molecule has 0 aliphatic heterocycles. The molecule has 1 unspecified atom stereocenters. The highest BCUT2D eigenvalue weighted by Gasteiger charge is 2.19. The van der Waals surface area contributed by atoms with Crippen molar-refractivity contribution in [2.45, 2.75) is 32.7 Å². The van der Waals surface area contributed by atoms with Crippen LogP contribution in [0.4, 0.5) is 8.78 Å². The molecular weight excluding hydrogens is 196 g/mol. The standard InChI is InChI=1S/C12H17F2N/c1-3-15-11(12(13)14)8-10-6-4-5-9(2)7-10/h4-7,11-12,15H,3,8H2,1-2H3. The Hall–Kier alpha value is -0.960. The molecule has 0 amide bonds. The lowest BCUT2D eigenvalue weighted by Gasteiger charge is -2.16. The molecule has 1 rings (SSSR count). The van der Waals surface area contributed by atoms with Gasteiger partial charge in [-0.2, -0.15) is 0 Å². The Kier molecular flexibility index (Phi) is 4.69. The third-order valence-corrected chi connectivity index (χ3v) is 2.31. The number of likely N-dealkylation sites (N-methyl/N-ethyl adjacent to an activating group) is 1. The molecule has 3 heteroatoms. The zero-order chi connectivity index (χ0) is 11.3. The lowest BCUT2D eigenvalue weighted by molar-refractivity contribution is 0.0991. The molecule has 0 aliphatic rings. The van der Waals surface area contributed by atoms with Crippen LogP contribution in [0.5, 0.6) is 0 Å². The van der Waals surface area contributed by atoms with E-state index >= 15 is 0 Å². The lowest BCUT2D eigenvalue weighted by Crippen LogP contribution is -2.37. The number of rotatable bonds is 5. The van der Waals surface area contributed by atoms with Gasteiger partial charge in [-0.3, -0.25) is 0 Å². The molecule has 0 fully saturated rings. The second-order valence-corrected chi connectivity index (χ2v) is 3.69. The van der Waals surface area contributed by atoms with Gasteiger partial charge in [0, 0.05) is 0 Å². The Morgan fingerprint density at radius 1 is 1.33 bits per heavy atom. The van der Waals surface area contributed by atoms with Gasteiger partial charge in [-0.05, 0) is 25.5 Å². The van der Waals surface area contributed by atoms with Crippen molar-refractivity contribution in [1.82, 2.24) is 5.32 Å². The number of benzene rings is 1. The molecule has 1 aromatic carbocycles. The van der Waals surface area contributed by atoms with Gasteiger partial charge < -0.3 is 5.32 Å². The molecule has 0 saturated heterocycles. The minimum absolute atomic E-state index is 0.382. The van der Waals surface area contributed by atoms with Gasteiger partial charge in [-0.15, -0.1) is 0 Å². The average Bonchev–Trinajstić information content (AvgIpc) is 2.17. The van der Waals surface area contributed by atoms with E-state index in [2.05, 4.69) is 5.32 Å². The van der Waals surface area contributed by atoms with E-state index in [9.17, 15) is 8.78 Å². The summed E-state index contributed by atoms with van der Waals surface area (Å²) in [6.07, 6.45) is -1.93. The molecular formula is C12H17F2N. The SMILES string of the molecule is CCNC(Cc1cccc(C)c1)C(F)F. The van der Waals surface area contributed by atoms with Crippen LogP contribution in [0.1, 0.15) is 18.1 Å². The van der Waals surface area contributed by atoms with Crippen LogP contribution in [0.15, 0.2) is 24.3 Å². The summed E-state index contributed by atoms with van der Waals surface area (Å²) in [4.78, 5) is 0. The van der Waals surface area contributed by atoms with Crippen LogP contribution in [0.3, 0.4) is 0 Å². The first kappa shape index (κ1) is 12.1. The minimum Gasteiger partial charge on any atom is -0.309 e. The average molecular weight is 213 g/mol. The van der Waals surface area contributed by atoms with Crippen LogP contribution in [0.25, 0.3) is 0 Å². The monoisotopic (exact) mass is 213 g/mol. The van der Waals surface area contributed by atoms with E-state index in [4.69, 9.17) is 0 Å². The molecule has 0 radical (unpaired) electrons. The van der Waals surface area contributed by atoms with Gasteiger partial charge in [0.15, 0.2) is 0 Å². The molecule has 1 aromatic rings. The molecule has 1 nitrogen and oxygen atoms in total. The predicted octanol–water partition coefficient (Wildman–Crippen LogP) is 2.78. The first-order chi connectivity index (χ1) is 7.13. The lowest BCUT2D eigenvalue weighted by atomic mass is 10.0. The molecule has 0 aromatic heterocycles. The zero-order valence-electron chi connectivity index (χ0n) is 9.13. The highest BCUT2D eigenvalue weighted by molar-refractivity contribution is 5.23. The van der Waals surface area contributed by atoms with E-state index in [-0.39, 0.29) is 0 Å². The van der Waals surface area contributed by atoms with E-state index < -0.39 is 12.5 Å². The number of hydrogen-bond acceptors (Lipinski definition) is 1. The largest absolute Gasteiger partial charge is 0.309 e. The molecule has 0 bridgehead atoms. The van der Waals surface area contributed by atoms with Crippen molar-refractivity contribution in [3.63, 3.8) is 0 Å². The third kappa shape index (κ3) is 3.96. The molecule has 1 atom stereocenters. The number of hydrogen-bond donors (Lipinski definition) is 1. The number of nitrogens with one attached hydrogen (secondary N) is 1. The Labute approximate surface area is 89.5 Å². The topological polar surface area (TPSA) is 12.0 Å². The molecule has 15 heavy (non-hydrogen) atoms. The Bertz CT molecular complexity index is 299. The fourth-order valence-electron chi connectivity index (χ4n) is 1.61. The summed E-state index contributed by atoms with van der Waals surface area (Å²) in [7, 11) is 0. The molecule has 1 N–H and O–H groups in total. The van der Waals surface area contributed by atoms with E-state index in [0.717, 1.165) is 11.1 Å². The highest BCUT2D eigenvalue weighted by atomic mass is 19.3. The fourth-order valence-corrected chi connectivity index (χ4v) is 1.61. The number of alkyl halides is 2. The van der Waals surface area contributed by atoms with Crippen molar-refractivity contribution in [3.05, 3.63) is 35.4 Å². The van der Waals surface area contributed by atoms with Crippen molar-refractivity contribution in [1.29, 1.82) is 0 Å². The molecule has 0 saturated carbocycles. The van der Waals surface area contributed by atoms with E-state index in [1.807, 2.05) is 38.1 Å². The van der Waals surface area contributed by atoms with Crippen LogP contribution in [-0.4, -0.2) is 19.0 Å². The molecule has 0 heterocycles. The van der Waals surface area contributed by atoms with Gasteiger partial charge in [0.1, 0.15) is 0 Å². The Morgan fingerprint density at radius 2 is 2.07 bits per heavy atom. The summed E-state index contributed by atoms with van der Waals surface area (Å²) in [5, 5.41) is 2.80. The van der Waals surface area contributed by atoms with Crippen LogP contribution in [-0.2, 0) is 6.42 Å². The summed E-state index contributed by atoms with van der Waals surface area (Å²) in [6.45, 7) is 4.38. The molecule has 0 aliphatic carbocycles. The molecule has 84 valence electrons. The van der Waals surface area contributed by atoms with E-state index in [1.54, 1.807) is 0 Å². The van der Waals surface area contributed by atoms with Crippen LogP contribution in [0, 0.1) is 6.92 Å². The maximum absolute atomic E-state index is 12.6. The van der Waals surface area contributed by atoms with Crippen molar-refractivity contribution in [3.8, 4) is 0 Å². The summed E-state index contributed by atoms with van der Waals surface area (Å²) < 4.78 is 25.2. The molecule has 0 spiro atoms. The summed E-state index contributed by atoms with van der Waals surface area (Å²) in [6, 6.07) is 6.97. The normalized spacial score (nSPS) is 13.1. The predicted molar refractivity (Wildman–Crippen MR) is 58.4 cm³/mol. The first-order valence-corrected chi connectivity index (χ1v) is 5.20. The third-order valence-electron chi connectivity index (χ3n) is 2.31. The maximum atomic E-state index is 12.6. The van der Waals surface area contributed by atoms with Gasteiger partial charge in [-0.25, -0.2) is 8.78 Å². The van der Waals surface area contributed by atoms with Gasteiger partial charge >= 0.3 is 0 Å². The van der Waals surface area contributed by atoms with Crippen LogP contribution in [0.2, 0.25) is 0 Å². The van der Waals surface area contributed by atoms with Crippen molar-refractivity contribution in [2.24, 2.45) is 0 Å². The number of halogens is 2. The van der Waals surface area contributed by atoms with Gasteiger partial charge in [0.05, 0.1) is 6.04 Å². The first-order valence-electron chi connectivity index (χ1n) is 5.20. The summed E-state index contributed by atoms with van der Waals surface area (Å²) in [5.74, 6) is 0. The summed E-state index contributed by atoms with van der Waals surface area (Å²) >= 11 is 0. The quantitative estimate of drug-likeness (QED) is 0.793. The Morgan fingerprint density at radius 3 is 2.60 bits per heavy atom.